The SMILES string of the molecule is COCC(C)n1c(C)cc(/C=C(\C#N)C(=O)N2CCc3[nH]c4ccc(C(=O)OC)cc4c3C2)c1C. The Morgan fingerprint density at radius 1 is 1.26 bits per heavy atom. The first kappa shape index (κ1) is 24.3. The van der Waals surface area contributed by atoms with Crippen LogP contribution in [-0.2, 0) is 27.2 Å². The Hall–Kier alpha value is -3.83. The van der Waals surface area contributed by atoms with E-state index in [9.17, 15) is 14.9 Å². The molecule has 0 saturated carbocycles. The zero-order valence-corrected chi connectivity index (χ0v) is 20.8. The maximum Gasteiger partial charge on any atom is 0.337 e. The summed E-state index contributed by atoms with van der Waals surface area (Å²) in [4.78, 5) is 30.5. The monoisotopic (exact) mass is 474 g/mol. The molecule has 0 fully saturated rings. The number of nitriles is 1. The molecule has 1 aliphatic heterocycles. The molecule has 1 unspecified atom stereocenters. The highest BCUT2D eigenvalue weighted by atomic mass is 16.5. The van der Waals surface area contributed by atoms with Crippen LogP contribution < -0.4 is 0 Å². The summed E-state index contributed by atoms with van der Waals surface area (Å²) >= 11 is 0. The van der Waals surface area contributed by atoms with Gasteiger partial charge in [0, 0.05) is 60.2 Å². The van der Waals surface area contributed by atoms with Crippen molar-refractivity contribution in [1.29, 1.82) is 5.26 Å². The lowest BCUT2D eigenvalue weighted by Crippen LogP contribution is -2.36. The summed E-state index contributed by atoms with van der Waals surface area (Å²) in [7, 11) is 3.02. The summed E-state index contributed by atoms with van der Waals surface area (Å²) in [6, 6.07) is 9.61. The van der Waals surface area contributed by atoms with Crippen LogP contribution in [0.5, 0.6) is 0 Å². The maximum atomic E-state index is 13.4. The van der Waals surface area contributed by atoms with Crippen LogP contribution in [-0.4, -0.2) is 53.7 Å². The highest BCUT2D eigenvalue weighted by molar-refractivity contribution is 6.02. The molecule has 4 rings (SSSR count). The third-order valence-corrected chi connectivity index (χ3v) is 6.71. The minimum absolute atomic E-state index is 0.100. The van der Waals surface area contributed by atoms with Crippen LogP contribution in [0.2, 0.25) is 0 Å². The molecular formula is C27H30N4O4. The molecule has 1 amide bonds. The number of methoxy groups -OCH3 is 2. The van der Waals surface area contributed by atoms with Crippen molar-refractivity contribution in [3.05, 3.63) is 63.6 Å². The second-order valence-corrected chi connectivity index (χ2v) is 8.98. The van der Waals surface area contributed by atoms with Crippen molar-refractivity contribution >= 4 is 28.9 Å². The quantitative estimate of drug-likeness (QED) is 0.330. The molecule has 0 aliphatic carbocycles. The number of hydrogen-bond donors (Lipinski definition) is 1. The van der Waals surface area contributed by atoms with Crippen molar-refractivity contribution in [2.45, 2.75) is 39.8 Å². The summed E-state index contributed by atoms with van der Waals surface area (Å²) in [5.74, 6) is -0.705. The van der Waals surface area contributed by atoms with Crippen LogP contribution in [0, 0.1) is 25.2 Å². The molecule has 1 aliphatic rings. The summed E-state index contributed by atoms with van der Waals surface area (Å²) in [5, 5.41) is 10.7. The molecule has 35 heavy (non-hydrogen) atoms. The van der Waals surface area contributed by atoms with E-state index in [2.05, 4.69) is 22.5 Å². The summed E-state index contributed by atoms with van der Waals surface area (Å²) in [6.07, 6.45) is 2.33. The van der Waals surface area contributed by atoms with Crippen LogP contribution >= 0.6 is 0 Å². The van der Waals surface area contributed by atoms with E-state index in [4.69, 9.17) is 9.47 Å². The lowest BCUT2D eigenvalue weighted by molar-refractivity contribution is -0.127. The fraction of sp³-hybridized carbons (Fsp3) is 0.370. The number of aromatic nitrogens is 2. The normalized spacial score (nSPS) is 14.5. The smallest absolute Gasteiger partial charge is 0.337 e. The third-order valence-electron chi connectivity index (χ3n) is 6.71. The van der Waals surface area contributed by atoms with Gasteiger partial charge in [0.25, 0.3) is 5.91 Å². The van der Waals surface area contributed by atoms with Gasteiger partial charge in [-0.25, -0.2) is 4.79 Å². The second kappa shape index (κ2) is 9.80. The molecule has 1 N–H and O–H groups in total. The average Bonchev–Trinajstić information content (AvgIpc) is 3.36. The topological polar surface area (TPSA) is 100 Å². The van der Waals surface area contributed by atoms with Crippen molar-refractivity contribution in [3.63, 3.8) is 0 Å². The number of aromatic amines is 1. The predicted molar refractivity (Wildman–Crippen MR) is 133 cm³/mol. The molecule has 0 bridgehead atoms. The minimum Gasteiger partial charge on any atom is -0.465 e. The maximum absolute atomic E-state index is 13.4. The number of carbonyl (C=O) groups excluding carboxylic acids is 2. The van der Waals surface area contributed by atoms with Gasteiger partial charge in [-0.1, -0.05) is 0 Å². The van der Waals surface area contributed by atoms with Gasteiger partial charge in [-0.3, -0.25) is 4.79 Å². The number of ether oxygens (including phenoxy) is 2. The molecule has 3 heterocycles. The van der Waals surface area contributed by atoms with E-state index in [1.54, 1.807) is 30.2 Å². The fourth-order valence-corrected chi connectivity index (χ4v) is 5.04. The summed E-state index contributed by atoms with van der Waals surface area (Å²) in [5.41, 5.74) is 6.36. The summed E-state index contributed by atoms with van der Waals surface area (Å²) in [6.45, 7) is 7.51. The second-order valence-electron chi connectivity index (χ2n) is 8.98. The Balaban J connectivity index is 1.63. The number of nitrogens with zero attached hydrogens (tertiary/aromatic N) is 3. The Kier molecular flexibility index (Phi) is 6.81. The molecule has 2 aromatic heterocycles. The van der Waals surface area contributed by atoms with Crippen LogP contribution in [0.15, 0.2) is 29.8 Å². The van der Waals surface area contributed by atoms with E-state index >= 15 is 0 Å². The highest BCUT2D eigenvalue weighted by Gasteiger charge is 2.27. The number of esters is 1. The molecule has 0 radical (unpaired) electrons. The largest absolute Gasteiger partial charge is 0.465 e. The third kappa shape index (κ3) is 4.47. The molecule has 1 aromatic carbocycles. The molecule has 0 spiro atoms. The number of nitrogens with one attached hydrogen (secondary N) is 1. The van der Waals surface area contributed by atoms with Gasteiger partial charge < -0.3 is 23.9 Å². The first-order valence-electron chi connectivity index (χ1n) is 11.6. The highest BCUT2D eigenvalue weighted by Crippen LogP contribution is 2.30. The van der Waals surface area contributed by atoms with E-state index < -0.39 is 5.97 Å². The molecule has 8 nitrogen and oxygen atoms in total. The Morgan fingerprint density at radius 3 is 2.71 bits per heavy atom. The summed E-state index contributed by atoms with van der Waals surface area (Å²) < 4.78 is 12.3. The molecule has 3 aromatic rings. The van der Waals surface area contributed by atoms with Gasteiger partial charge in [-0.15, -0.1) is 0 Å². The van der Waals surface area contributed by atoms with Gasteiger partial charge in [0.2, 0.25) is 0 Å². The number of fused-ring (bicyclic) bond motifs is 3. The number of amides is 1. The van der Waals surface area contributed by atoms with Crippen molar-refractivity contribution in [2.75, 3.05) is 27.4 Å². The molecule has 0 saturated heterocycles. The van der Waals surface area contributed by atoms with Crippen LogP contribution in [0.3, 0.4) is 0 Å². The van der Waals surface area contributed by atoms with Crippen molar-refractivity contribution < 1.29 is 19.1 Å². The van der Waals surface area contributed by atoms with Crippen LogP contribution in [0.25, 0.3) is 17.0 Å². The Bertz CT molecular complexity index is 1370. The van der Waals surface area contributed by atoms with Gasteiger partial charge in [0.15, 0.2) is 0 Å². The van der Waals surface area contributed by atoms with Gasteiger partial charge in [0.1, 0.15) is 11.6 Å². The predicted octanol–water partition coefficient (Wildman–Crippen LogP) is 4.07. The molecular weight excluding hydrogens is 444 g/mol. The van der Waals surface area contributed by atoms with E-state index in [-0.39, 0.29) is 17.5 Å². The minimum atomic E-state index is -0.405. The zero-order valence-electron chi connectivity index (χ0n) is 20.8. The Morgan fingerprint density at radius 2 is 2.03 bits per heavy atom. The lowest BCUT2D eigenvalue weighted by atomic mass is 10.0. The van der Waals surface area contributed by atoms with Gasteiger partial charge in [-0.2, -0.15) is 5.26 Å². The molecule has 182 valence electrons. The number of carbonyl (C=O) groups is 2. The number of hydrogen-bond acceptors (Lipinski definition) is 5. The number of rotatable bonds is 6. The lowest BCUT2D eigenvalue weighted by Gasteiger charge is -2.27. The number of benzene rings is 1. The zero-order chi connectivity index (χ0) is 25.3. The van der Waals surface area contributed by atoms with Crippen molar-refractivity contribution in [2.24, 2.45) is 0 Å². The van der Waals surface area contributed by atoms with Crippen molar-refractivity contribution in [3.8, 4) is 6.07 Å². The number of H-pyrrole nitrogens is 1. The van der Waals surface area contributed by atoms with Gasteiger partial charge in [-0.05, 0) is 56.7 Å². The van der Waals surface area contributed by atoms with E-state index in [1.807, 2.05) is 26.0 Å². The van der Waals surface area contributed by atoms with Crippen LogP contribution in [0.1, 0.15) is 51.5 Å². The molecule has 8 heteroatoms. The Labute approximate surface area is 204 Å². The van der Waals surface area contributed by atoms with E-state index in [0.717, 1.165) is 39.1 Å². The fourth-order valence-electron chi connectivity index (χ4n) is 5.04. The number of aryl methyl sites for hydroxylation is 1. The van der Waals surface area contributed by atoms with Crippen LogP contribution in [0.4, 0.5) is 0 Å². The van der Waals surface area contributed by atoms with Gasteiger partial charge >= 0.3 is 5.97 Å². The molecule has 1 atom stereocenters. The average molecular weight is 475 g/mol. The first-order valence-corrected chi connectivity index (χ1v) is 11.6. The van der Waals surface area contributed by atoms with E-state index in [1.165, 1.54) is 7.11 Å². The standard InChI is InChI=1S/C27H30N4O4/c1-16-10-20(18(3)31(16)17(2)15-34-4)11-21(13-28)26(32)30-9-8-25-23(14-30)22-12-19(27(33)35-5)6-7-24(22)29-25/h6-7,10-12,17,29H,8-9,14-15H2,1-5H3/b21-11+. The van der Waals surface area contributed by atoms with Gasteiger partial charge in [0.05, 0.1) is 25.3 Å². The first-order chi connectivity index (χ1) is 16.8. The van der Waals surface area contributed by atoms with Crippen molar-refractivity contribution in [1.82, 2.24) is 14.5 Å². The van der Waals surface area contributed by atoms with E-state index in [0.29, 0.717) is 31.7 Å².